The van der Waals surface area contributed by atoms with Crippen molar-refractivity contribution < 1.29 is 0 Å². The first-order valence-electron chi connectivity index (χ1n) is 5.26. The molecule has 2 rings (SSSR count). The topological polar surface area (TPSA) is 80.0 Å². The van der Waals surface area contributed by atoms with Gasteiger partial charge in [-0.25, -0.2) is 0 Å². The molecule has 7 heteroatoms. The first-order valence-corrected chi connectivity index (χ1v) is 5.64. The molecule has 1 fully saturated rings. The van der Waals surface area contributed by atoms with Crippen molar-refractivity contribution in [1.82, 2.24) is 19.9 Å². The van der Waals surface area contributed by atoms with E-state index in [1.54, 1.807) is 0 Å². The smallest absolute Gasteiger partial charge is 0.228 e. The van der Waals surface area contributed by atoms with Crippen molar-refractivity contribution >= 4 is 23.5 Å². The summed E-state index contributed by atoms with van der Waals surface area (Å²) in [6, 6.07) is 0.758. The zero-order chi connectivity index (χ0) is 11.5. The van der Waals surface area contributed by atoms with Crippen LogP contribution in [-0.2, 0) is 0 Å². The summed E-state index contributed by atoms with van der Waals surface area (Å²) in [7, 11) is 2.12. The average Bonchev–Trinajstić information content (AvgIpc) is 2.98. The van der Waals surface area contributed by atoms with Crippen molar-refractivity contribution in [2.45, 2.75) is 18.9 Å². The van der Waals surface area contributed by atoms with E-state index in [-0.39, 0.29) is 11.2 Å². The van der Waals surface area contributed by atoms with Crippen molar-refractivity contribution in [3.8, 4) is 0 Å². The highest BCUT2D eigenvalue weighted by atomic mass is 35.5. The maximum Gasteiger partial charge on any atom is 0.228 e. The van der Waals surface area contributed by atoms with Gasteiger partial charge in [-0.15, -0.1) is 0 Å². The lowest BCUT2D eigenvalue weighted by atomic mass is 10.5. The fourth-order valence-electron chi connectivity index (χ4n) is 1.49. The number of aromatic nitrogens is 3. The van der Waals surface area contributed by atoms with Gasteiger partial charge in [0.2, 0.25) is 17.2 Å². The van der Waals surface area contributed by atoms with E-state index in [1.165, 1.54) is 12.8 Å². The number of nitrogens with zero attached hydrogens (tertiary/aromatic N) is 4. The van der Waals surface area contributed by atoms with Crippen LogP contribution in [0.4, 0.5) is 11.9 Å². The first kappa shape index (κ1) is 11.3. The zero-order valence-corrected chi connectivity index (χ0v) is 9.91. The molecule has 0 atom stereocenters. The van der Waals surface area contributed by atoms with Crippen molar-refractivity contribution in [2.24, 2.45) is 0 Å². The quantitative estimate of drug-likeness (QED) is 0.788. The van der Waals surface area contributed by atoms with Crippen LogP contribution in [0, 0.1) is 0 Å². The van der Waals surface area contributed by atoms with Crippen LogP contribution in [0.1, 0.15) is 12.8 Å². The number of hydrogen-bond donors (Lipinski definition) is 2. The molecule has 0 saturated heterocycles. The second kappa shape index (κ2) is 4.80. The number of halogens is 1. The van der Waals surface area contributed by atoms with Crippen molar-refractivity contribution in [2.75, 3.05) is 31.2 Å². The predicted molar refractivity (Wildman–Crippen MR) is 63.4 cm³/mol. The van der Waals surface area contributed by atoms with Gasteiger partial charge in [-0.1, -0.05) is 0 Å². The number of anilines is 2. The van der Waals surface area contributed by atoms with E-state index < -0.39 is 0 Å². The Kier molecular flexibility index (Phi) is 3.40. The summed E-state index contributed by atoms with van der Waals surface area (Å²) in [6.45, 7) is 1.72. The molecule has 0 amide bonds. The third kappa shape index (κ3) is 3.18. The molecule has 6 nitrogen and oxygen atoms in total. The number of rotatable bonds is 5. The fourth-order valence-corrected chi connectivity index (χ4v) is 1.65. The van der Waals surface area contributed by atoms with E-state index in [1.807, 2.05) is 0 Å². The Hall–Kier alpha value is -1.14. The summed E-state index contributed by atoms with van der Waals surface area (Å²) in [4.78, 5) is 13.9. The molecule has 1 heterocycles. The van der Waals surface area contributed by atoms with Crippen LogP contribution in [0.25, 0.3) is 0 Å². The third-order valence-corrected chi connectivity index (χ3v) is 2.71. The molecule has 16 heavy (non-hydrogen) atoms. The molecule has 1 saturated carbocycles. The third-order valence-electron chi connectivity index (χ3n) is 2.54. The molecule has 1 aliphatic carbocycles. The van der Waals surface area contributed by atoms with E-state index >= 15 is 0 Å². The number of nitrogens with two attached hydrogens (primary N) is 1. The Bertz CT molecular complexity index is 347. The predicted octanol–water partition coefficient (Wildman–Crippen LogP) is 0.613. The molecule has 1 aromatic heterocycles. The lowest BCUT2D eigenvalue weighted by Gasteiger charge is -2.15. The van der Waals surface area contributed by atoms with E-state index in [0.29, 0.717) is 5.95 Å². The normalized spacial score (nSPS) is 15.4. The second-order valence-electron chi connectivity index (χ2n) is 3.92. The van der Waals surface area contributed by atoms with Gasteiger partial charge >= 0.3 is 0 Å². The Morgan fingerprint density at radius 1 is 1.44 bits per heavy atom. The van der Waals surface area contributed by atoms with Gasteiger partial charge in [-0.05, 0) is 31.5 Å². The molecule has 0 unspecified atom stereocenters. The Morgan fingerprint density at radius 2 is 2.19 bits per heavy atom. The summed E-state index contributed by atoms with van der Waals surface area (Å²) in [6.07, 6.45) is 2.61. The molecule has 88 valence electrons. The summed E-state index contributed by atoms with van der Waals surface area (Å²) < 4.78 is 0. The molecule has 1 aliphatic rings. The molecular weight excluding hydrogens is 228 g/mol. The number of hydrogen-bond acceptors (Lipinski definition) is 6. The molecule has 0 spiro atoms. The van der Waals surface area contributed by atoms with Crippen LogP contribution >= 0.6 is 11.6 Å². The van der Waals surface area contributed by atoms with Gasteiger partial charge in [-0.3, -0.25) is 0 Å². The maximum absolute atomic E-state index is 5.66. The van der Waals surface area contributed by atoms with Crippen LogP contribution in [0.5, 0.6) is 0 Å². The Balaban J connectivity index is 1.79. The minimum Gasteiger partial charge on any atom is -0.368 e. The standard InChI is InChI=1S/C9H15ClN6/c1-16(6-2-3-6)5-4-12-9-14-7(10)13-8(11)15-9/h6H,2-5H2,1H3,(H3,11,12,13,14,15). The SMILES string of the molecule is CN(CCNc1nc(N)nc(Cl)n1)C1CC1. The monoisotopic (exact) mass is 242 g/mol. The highest BCUT2D eigenvalue weighted by Crippen LogP contribution is 2.24. The van der Waals surface area contributed by atoms with Crippen molar-refractivity contribution in [1.29, 1.82) is 0 Å². The van der Waals surface area contributed by atoms with Gasteiger partial charge < -0.3 is 16.0 Å². The number of nitrogen functional groups attached to an aromatic ring is 1. The molecule has 3 N–H and O–H groups in total. The number of likely N-dealkylation sites (N-methyl/N-ethyl adjacent to an activating group) is 1. The summed E-state index contributed by atoms with van der Waals surface area (Å²) in [5, 5.41) is 3.19. The van der Waals surface area contributed by atoms with E-state index in [0.717, 1.165) is 19.1 Å². The fraction of sp³-hybridized carbons (Fsp3) is 0.667. The summed E-state index contributed by atoms with van der Waals surface area (Å²) in [5.74, 6) is 0.569. The Morgan fingerprint density at radius 3 is 2.81 bits per heavy atom. The van der Waals surface area contributed by atoms with Crippen molar-refractivity contribution in [3.05, 3.63) is 5.28 Å². The maximum atomic E-state index is 5.66. The van der Waals surface area contributed by atoms with Gasteiger partial charge in [0, 0.05) is 19.1 Å². The van der Waals surface area contributed by atoms with Crippen LogP contribution in [-0.4, -0.2) is 46.0 Å². The van der Waals surface area contributed by atoms with Crippen LogP contribution in [0.15, 0.2) is 0 Å². The molecule has 0 aromatic carbocycles. The molecule has 1 aromatic rings. The van der Waals surface area contributed by atoms with Crippen LogP contribution in [0.2, 0.25) is 5.28 Å². The largest absolute Gasteiger partial charge is 0.368 e. The van der Waals surface area contributed by atoms with E-state index in [2.05, 4.69) is 32.2 Å². The Labute approximate surface area is 99.2 Å². The van der Waals surface area contributed by atoms with Crippen LogP contribution < -0.4 is 11.1 Å². The van der Waals surface area contributed by atoms with Gasteiger partial charge in [0.15, 0.2) is 0 Å². The minimum atomic E-state index is 0.116. The zero-order valence-electron chi connectivity index (χ0n) is 9.15. The number of nitrogens with one attached hydrogen (secondary N) is 1. The molecule has 0 aliphatic heterocycles. The summed E-state index contributed by atoms with van der Waals surface area (Å²) >= 11 is 5.66. The lowest BCUT2D eigenvalue weighted by molar-refractivity contribution is 0.337. The highest BCUT2D eigenvalue weighted by molar-refractivity contribution is 6.28. The van der Waals surface area contributed by atoms with E-state index in [9.17, 15) is 0 Å². The lowest BCUT2D eigenvalue weighted by Crippen LogP contribution is -2.27. The summed E-state index contributed by atoms with van der Waals surface area (Å²) in [5.41, 5.74) is 5.45. The molecular formula is C9H15ClN6. The minimum absolute atomic E-state index is 0.116. The van der Waals surface area contributed by atoms with Gasteiger partial charge in [0.25, 0.3) is 0 Å². The van der Waals surface area contributed by atoms with Crippen LogP contribution in [0.3, 0.4) is 0 Å². The highest BCUT2D eigenvalue weighted by Gasteiger charge is 2.25. The molecule has 0 bridgehead atoms. The van der Waals surface area contributed by atoms with Crippen molar-refractivity contribution in [3.63, 3.8) is 0 Å². The first-order chi connectivity index (χ1) is 7.65. The van der Waals surface area contributed by atoms with Gasteiger partial charge in [-0.2, -0.15) is 15.0 Å². The van der Waals surface area contributed by atoms with Gasteiger partial charge in [0.1, 0.15) is 0 Å². The average molecular weight is 243 g/mol. The van der Waals surface area contributed by atoms with E-state index in [4.69, 9.17) is 17.3 Å². The molecule has 0 radical (unpaired) electrons. The van der Waals surface area contributed by atoms with Gasteiger partial charge in [0.05, 0.1) is 0 Å². The second-order valence-corrected chi connectivity index (χ2v) is 4.26.